The van der Waals surface area contributed by atoms with E-state index in [4.69, 9.17) is 18.9 Å². The Balaban J connectivity index is 2.27. The van der Waals surface area contributed by atoms with Crippen LogP contribution in [0.15, 0.2) is 60.4 Å². The van der Waals surface area contributed by atoms with Gasteiger partial charge in [-0.15, -0.1) is 0 Å². The molecule has 1 aromatic heterocycles. The van der Waals surface area contributed by atoms with Crippen molar-refractivity contribution >= 4 is 11.5 Å². The lowest BCUT2D eigenvalue weighted by Crippen LogP contribution is -2.16. The van der Waals surface area contributed by atoms with Crippen molar-refractivity contribution in [2.75, 3.05) is 21.3 Å². The fourth-order valence-corrected chi connectivity index (χ4v) is 2.73. The largest absolute Gasteiger partial charge is 0.481 e. The fraction of sp³-hybridized carbons (Fsp3) is 0.136. The maximum atomic E-state index is 14.0. The third-order valence-corrected chi connectivity index (χ3v) is 4.09. The molecule has 2 aromatic carbocycles. The summed E-state index contributed by atoms with van der Waals surface area (Å²) in [5.74, 6) is -2.18. The number of carbonyl (C=O) groups excluding carboxylic acids is 1. The summed E-state index contributed by atoms with van der Waals surface area (Å²) in [7, 11) is 3.91. The molecule has 0 radical (unpaired) electrons. The van der Waals surface area contributed by atoms with Crippen LogP contribution in [0.25, 0.3) is 5.57 Å². The third-order valence-electron chi connectivity index (χ3n) is 4.09. The number of rotatable bonds is 7. The van der Waals surface area contributed by atoms with Crippen LogP contribution in [-0.4, -0.2) is 37.3 Å². The molecule has 0 N–H and O–H groups in total. The van der Waals surface area contributed by atoms with Crippen LogP contribution in [0.4, 0.5) is 8.78 Å². The Kier molecular flexibility index (Phi) is 6.76. The number of methoxy groups -OCH3 is 3. The van der Waals surface area contributed by atoms with Crippen LogP contribution < -0.4 is 14.2 Å². The quantitative estimate of drug-likeness (QED) is 0.322. The minimum absolute atomic E-state index is 0.0798. The lowest BCUT2D eigenvalue weighted by atomic mass is 9.96. The second kappa shape index (κ2) is 9.66. The van der Waals surface area contributed by atoms with E-state index in [2.05, 4.69) is 9.97 Å². The van der Waals surface area contributed by atoms with Gasteiger partial charge < -0.3 is 18.9 Å². The van der Waals surface area contributed by atoms with Gasteiger partial charge in [0.05, 0.1) is 27.4 Å². The highest BCUT2D eigenvalue weighted by molar-refractivity contribution is 6.00. The number of carbonyl (C=O) groups is 1. The van der Waals surface area contributed by atoms with Gasteiger partial charge in [0.25, 0.3) is 0 Å². The van der Waals surface area contributed by atoms with Crippen LogP contribution in [0.2, 0.25) is 0 Å². The highest BCUT2D eigenvalue weighted by Crippen LogP contribution is 2.30. The molecule has 0 saturated heterocycles. The first-order chi connectivity index (χ1) is 14.9. The van der Waals surface area contributed by atoms with Crippen molar-refractivity contribution in [1.29, 1.82) is 0 Å². The number of esters is 1. The maximum absolute atomic E-state index is 14.0. The molecule has 0 aliphatic carbocycles. The van der Waals surface area contributed by atoms with Gasteiger partial charge in [0.15, 0.2) is 0 Å². The molecule has 0 amide bonds. The van der Waals surface area contributed by atoms with Crippen LogP contribution in [0.1, 0.15) is 11.1 Å². The summed E-state index contributed by atoms with van der Waals surface area (Å²) >= 11 is 0. The second-order valence-corrected chi connectivity index (χ2v) is 6.05. The van der Waals surface area contributed by atoms with Gasteiger partial charge in [-0.05, 0) is 35.4 Å². The first-order valence-corrected chi connectivity index (χ1v) is 8.94. The number of halogens is 2. The Morgan fingerprint density at radius 1 is 0.806 bits per heavy atom. The average molecular weight is 428 g/mol. The van der Waals surface area contributed by atoms with Crippen LogP contribution >= 0.6 is 0 Å². The molecule has 0 aliphatic heterocycles. The first kappa shape index (κ1) is 21.7. The minimum Gasteiger partial charge on any atom is -0.481 e. The number of aromatic nitrogens is 2. The van der Waals surface area contributed by atoms with E-state index in [1.54, 1.807) is 12.1 Å². The van der Waals surface area contributed by atoms with Gasteiger partial charge in [0, 0.05) is 5.57 Å². The summed E-state index contributed by atoms with van der Waals surface area (Å²) in [6.07, 6.45) is 0. The van der Waals surface area contributed by atoms with E-state index in [-0.39, 0.29) is 40.2 Å². The molecule has 9 heteroatoms. The zero-order chi connectivity index (χ0) is 22.4. The number of hydrogen-bond acceptors (Lipinski definition) is 7. The van der Waals surface area contributed by atoms with E-state index in [9.17, 15) is 13.6 Å². The van der Waals surface area contributed by atoms with Crippen molar-refractivity contribution in [2.24, 2.45) is 0 Å². The Morgan fingerprint density at radius 3 is 1.74 bits per heavy atom. The SMILES string of the molecule is COC(=O)C(Oc1nc(OC)cc(OC)n1)=C(c1cccc(F)c1)c1cccc(F)c1. The maximum Gasteiger partial charge on any atom is 0.374 e. The molecule has 160 valence electrons. The molecule has 0 aliphatic rings. The highest BCUT2D eigenvalue weighted by Gasteiger charge is 2.24. The van der Waals surface area contributed by atoms with Crippen LogP contribution in [0.3, 0.4) is 0 Å². The number of ether oxygens (including phenoxy) is 4. The van der Waals surface area contributed by atoms with Gasteiger partial charge in [-0.2, -0.15) is 9.97 Å². The van der Waals surface area contributed by atoms with Crippen molar-refractivity contribution in [3.8, 4) is 17.8 Å². The summed E-state index contributed by atoms with van der Waals surface area (Å²) in [6, 6.07) is 11.9. The van der Waals surface area contributed by atoms with Crippen molar-refractivity contribution in [3.05, 3.63) is 83.1 Å². The zero-order valence-electron chi connectivity index (χ0n) is 16.9. The second-order valence-electron chi connectivity index (χ2n) is 6.05. The van der Waals surface area contributed by atoms with Crippen molar-refractivity contribution in [3.63, 3.8) is 0 Å². The standard InChI is InChI=1S/C22H18F2N2O5/c1-28-17-12-18(29-2)26-22(25-17)31-20(21(27)30-3)19(13-6-4-8-15(23)10-13)14-7-5-9-16(24)11-14/h4-12H,1-3H3. The molecular weight excluding hydrogens is 410 g/mol. The Labute approximate surface area is 176 Å². The van der Waals surface area contributed by atoms with Crippen molar-refractivity contribution in [1.82, 2.24) is 9.97 Å². The molecule has 7 nitrogen and oxygen atoms in total. The van der Waals surface area contributed by atoms with E-state index >= 15 is 0 Å². The summed E-state index contributed by atoms with van der Waals surface area (Å²) in [4.78, 5) is 20.7. The van der Waals surface area contributed by atoms with Gasteiger partial charge in [-0.1, -0.05) is 24.3 Å². The molecule has 0 fully saturated rings. The van der Waals surface area contributed by atoms with Gasteiger partial charge >= 0.3 is 12.0 Å². The average Bonchev–Trinajstić information content (AvgIpc) is 2.78. The predicted molar refractivity (Wildman–Crippen MR) is 107 cm³/mol. The molecule has 0 saturated carbocycles. The highest BCUT2D eigenvalue weighted by atomic mass is 19.1. The number of nitrogens with zero attached hydrogens (tertiary/aromatic N) is 2. The van der Waals surface area contributed by atoms with Crippen molar-refractivity contribution in [2.45, 2.75) is 0 Å². The Hall–Kier alpha value is -4.01. The van der Waals surface area contributed by atoms with Crippen LogP contribution in [-0.2, 0) is 9.53 Å². The molecule has 3 rings (SSSR count). The minimum atomic E-state index is -0.908. The number of benzene rings is 2. The van der Waals surface area contributed by atoms with E-state index < -0.39 is 17.6 Å². The monoisotopic (exact) mass is 428 g/mol. The van der Waals surface area contributed by atoms with E-state index in [1.807, 2.05) is 0 Å². The van der Waals surface area contributed by atoms with E-state index in [0.717, 1.165) is 7.11 Å². The molecule has 1 heterocycles. The molecule has 0 spiro atoms. The topological polar surface area (TPSA) is 79.8 Å². The fourth-order valence-electron chi connectivity index (χ4n) is 2.73. The van der Waals surface area contributed by atoms with Gasteiger partial charge in [-0.3, -0.25) is 0 Å². The third kappa shape index (κ3) is 5.13. The van der Waals surface area contributed by atoms with Gasteiger partial charge in [-0.25, -0.2) is 13.6 Å². The van der Waals surface area contributed by atoms with Crippen LogP contribution in [0.5, 0.6) is 17.8 Å². The lowest BCUT2D eigenvalue weighted by molar-refractivity contribution is -0.138. The first-order valence-electron chi connectivity index (χ1n) is 8.94. The Bertz CT molecular complexity index is 1060. The zero-order valence-corrected chi connectivity index (χ0v) is 16.9. The lowest BCUT2D eigenvalue weighted by Gasteiger charge is -2.15. The van der Waals surface area contributed by atoms with E-state index in [1.165, 1.54) is 56.7 Å². The summed E-state index contributed by atoms with van der Waals surface area (Å²) < 4.78 is 48.7. The Morgan fingerprint density at radius 2 is 1.32 bits per heavy atom. The summed E-state index contributed by atoms with van der Waals surface area (Å²) in [5, 5.41) is 0. The smallest absolute Gasteiger partial charge is 0.374 e. The van der Waals surface area contributed by atoms with E-state index in [0.29, 0.717) is 0 Å². The van der Waals surface area contributed by atoms with Crippen LogP contribution in [0, 0.1) is 11.6 Å². The molecule has 3 aromatic rings. The van der Waals surface area contributed by atoms with Crippen molar-refractivity contribution < 1.29 is 32.5 Å². The van der Waals surface area contributed by atoms with Gasteiger partial charge in [0.1, 0.15) is 11.6 Å². The summed E-state index contributed by atoms with van der Waals surface area (Å²) in [6.45, 7) is 0. The summed E-state index contributed by atoms with van der Waals surface area (Å²) in [5.41, 5.74) is 0.581. The molecular formula is C22H18F2N2O5. The number of hydrogen-bond donors (Lipinski definition) is 0. The van der Waals surface area contributed by atoms with Gasteiger partial charge in [0.2, 0.25) is 17.5 Å². The normalized spacial score (nSPS) is 10.2. The molecule has 0 bridgehead atoms. The molecule has 0 unspecified atom stereocenters. The predicted octanol–water partition coefficient (Wildman–Crippen LogP) is 3.78. The molecule has 31 heavy (non-hydrogen) atoms. The molecule has 0 atom stereocenters.